The van der Waals surface area contributed by atoms with Crippen LogP contribution in [0.25, 0.3) is 0 Å². The number of carbonyl (C=O) groups excluding carboxylic acids is 1. The number of hydrazone groups is 1. The van der Waals surface area contributed by atoms with E-state index < -0.39 is 17.4 Å². The Morgan fingerprint density at radius 1 is 1.31 bits per heavy atom. The van der Waals surface area contributed by atoms with Crippen molar-refractivity contribution in [3.05, 3.63) is 55.0 Å². The highest BCUT2D eigenvalue weighted by Crippen LogP contribution is 2.40. The largest absolute Gasteiger partial charge is 0.506 e. The number of ether oxygens (including phenoxy) is 1. The number of hydrogen-bond donors (Lipinski definition) is 3. The van der Waals surface area contributed by atoms with Crippen molar-refractivity contribution in [3.8, 4) is 17.2 Å². The molecule has 0 aliphatic heterocycles. The van der Waals surface area contributed by atoms with E-state index in [-0.39, 0.29) is 33.0 Å². The van der Waals surface area contributed by atoms with Crippen molar-refractivity contribution in [1.29, 1.82) is 0 Å². The maximum atomic E-state index is 11.7. The van der Waals surface area contributed by atoms with Gasteiger partial charge in [-0.05, 0) is 44.0 Å². The van der Waals surface area contributed by atoms with Gasteiger partial charge < -0.3 is 14.9 Å². The highest BCUT2D eigenvalue weighted by molar-refractivity contribution is 9.11. The molecule has 0 bridgehead atoms. The van der Waals surface area contributed by atoms with E-state index in [1.807, 2.05) is 0 Å². The smallest absolute Gasteiger partial charge is 0.277 e. The van der Waals surface area contributed by atoms with Crippen molar-refractivity contribution in [3.63, 3.8) is 0 Å². The standard InChI is InChI=1S/C15H11Br2N3O6/c16-11-4-8(14(22)13(17)15(11)23)6-18-19-12(21)7-26-10-3-1-2-9(5-10)20(24)25/h1-6,22-23H,7H2,(H,19,21)/b18-6+. The third-order valence-corrected chi connectivity index (χ3v) is 4.34. The van der Waals surface area contributed by atoms with Crippen molar-refractivity contribution >= 4 is 49.7 Å². The van der Waals surface area contributed by atoms with Gasteiger partial charge in [0.2, 0.25) is 0 Å². The quantitative estimate of drug-likeness (QED) is 0.325. The molecule has 0 saturated heterocycles. The van der Waals surface area contributed by atoms with E-state index >= 15 is 0 Å². The zero-order valence-electron chi connectivity index (χ0n) is 12.8. The second kappa shape index (κ2) is 8.63. The topological polar surface area (TPSA) is 134 Å². The molecule has 0 aliphatic rings. The van der Waals surface area contributed by atoms with Crippen molar-refractivity contribution in [2.75, 3.05) is 6.61 Å². The van der Waals surface area contributed by atoms with Crippen molar-refractivity contribution < 1.29 is 24.7 Å². The first-order valence-corrected chi connectivity index (χ1v) is 8.47. The third-order valence-electron chi connectivity index (χ3n) is 2.99. The van der Waals surface area contributed by atoms with Gasteiger partial charge in [-0.25, -0.2) is 5.43 Å². The number of nitro benzene ring substituents is 1. The van der Waals surface area contributed by atoms with Crippen LogP contribution in [-0.4, -0.2) is 33.9 Å². The normalized spacial score (nSPS) is 10.7. The molecule has 136 valence electrons. The molecule has 11 heteroatoms. The number of nitro groups is 1. The lowest BCUT2D eigenvalue weighted by molar-refractivity contribution is -0.384. The second-order valence-electron chi connectivity index (χ2n) is 4.80. The van der Waals surface area contributed by atoms with Gasteiger partial charge in [0, 0.05) is 11.6 Å². The van der Waals surface area contributed by atoms with Crippen molar-refractivity contribution in [1.82, 2.24) is 5.43 Å². The van der Waals surface area contributed by atoms with Crippen LogP contribution in [0.5, 0.6) is 17.2 Å². The molecule has 0 saturated carbocycles. The third kappa shape index (κ3) is 4.92. The van der Waals surface area contributed by atoms with Crippen LogP contribution in [0.1, 0.15) is 5.56 Å². The number of rotatable bonds is 6. The van der Waals surface area contributed by atoms with Gasteiger partial charge in [0.25, 0.3) is 11.6 Å². The Bertz CT molecular complexity index is 888. The molecule has 0 radical (unpaired) electrons. The minimum atomic E-state index is -0.607. The average molecular weight is 489 g/mol. The van der Waals surface area contributed by atoms with Crippen molar-refractivity contribution in [2.45, 2.75) is 0 Å². The van der Waals surface area contributed by atoms with Crippen LogP contribution in [0.3, 0.4) is 0 Å². The van der Waals surface area contributed by atoms with Gasteiger partial charge in [-0.3, -0.25) is 14.9 Å². The second-order valence-corrected chi connectivity index (χ2v) is 6.44. The van der Waals surface area contributed by atoms with E-state index in [0.29, 0.717) is 4.47 Å². The summed E-state index contributed by atoms with van der Waals surface area (Å²) < 4.78 is 5.55. The summed E-state index contributed by atoms with van der Waals surface area (Å²) in [4.78, 5) is 21.8. The Labute approximate surface area is 163 Å². The van der Waals surface area contributed by atoms with Gasteiger partial charge in [-0.1, -0.05) is 6.07 Å². The predicted molar refractivity (Wildman–Crippen MR) is 99.5 cm³/mol. The number of carbonyl (C=O) groups is 1. The van der Waals surface area contributed by atoms with Crippen LogP contribution in [0, 0.1) is 10.1 Å². The Morgan fingerprint density at radius 3 is 2.73 bits per heavy atom. The molecule has 0 unspecified atom stereocenters. The minimum Gasteiger partial charge on any atom is -0.506 e. The summed E-state index contributed by atoms with van der Waals surface area (Å²) in [5.74, 6) is -0.864. The minimum absolute atomic E-state index is 0.0775. The zero-order chi connectivity index (χ0) is 19.3. The summed E-state index contributed by atoms with van der Waals surface area (Å²) in [5, 5.41) is 33.9. The number of benzene rings is 2. The Kier molecular flexibility index (Phi) is 6.52. The van der Waals surface area contributed by atoms with Gasteiger partial charge in [0.05, 0.1) is 21.7 Å². The maximum Gasteiger partial charge on any atom is 0.277 e. The number of aromatic hydroxyl groups is 2. The molecule has 0 aromatic heterocycles. The first-order chi connectivity index (χ1) is 12.3. The maximum absolute atomic E-state index is 11.7. The predicted octanol–water partition coefficient (Wildman–Crippen LogP) is 3.06. The molecule has 0 fully saturated rings. The number of non-ortho nitro benzene ring substituents is 1. The van der Waals surface area contributed by atoms with Gasteiger partial charge in [-0.15, -0.1) is 0 Å². The lowest BCUT2D eigenvalue weighted by atomic mass is 10.2. The molecular weight excluding hydrogens is 478 g/mol. The van der Waals surface area contributed by atoms with Crippen molar-refractivity contribution in [2.24, 2.45) is 5.10 Å². The van der Waals surface area contributed by atoms with Crippen LogP contribution in [0.2, 0.25) is 0 Å². The molecule has 1 amide bonds. The Balaban J connectivity index is 1.94. The summed E-state index contributed by atoms with van der Waals surface area (Å²) in [7, 11) is 0. The number of amides is 1. The van der Waals surface area contributed by atoms with Gasteiger partial charge in [-0.2, -0.15) is 5.10 Å². The molecule has 2 rings (SSSR count). The fraction of sp³-hybridized carbons (Fsp3) is 0.0667. The summed E-state index contributed by atoms with van der Waals surface area (Å²) in [6, 6.07) is 6.82. The molecule has 0 heterocycles. The zero-order valence-corrected chi connectivity index (χ0v) is 16.0. The molecule has 2 aromatic carbocycles. The molecular formula is C15H11Br2N3O6. The average Bonchev–Trinajstić information content (AvgIpc) is 2.62. The van der Waals surface area contributed by atoms with Gasteiger partial charge in [0.15, 0.2) is 6.61 Å². The summed E-state index contributed by atoms with van der Waals surface area (Å²) in [6.07, 6.45) is 1.18. The molecule has 9 nitrogen and oxygen atoms in total. The summed E-state index contributed by atoms with van der Waals surface area (Å²) in [6.45, 7) is -0.409. The van der Waals surface area contributed by atoms with Crippen LogP contribution in [0.4, 0.5) is 5.69 Å². The van der Waals surface area contributed by atoms with Gasteiger partial charge >= 0.3 is 0 Å². The summed E-state index contributed by atoms with van der Waals surface area (Å²) in [5.41, 5.74) is 2.27. The number of phenols is 2. The molecule has 2 aromatic rings. The highest BCUT2D eigenvalue weighted by Gasteiger charge is 2.13. The Hall–Kier alpha value is -2.66. The fourth-order valence-corrected chi connectivity index (χ4v) is 2.91. The first kappa shape index (κ1) is 19.7. The van der Waals surface area contributed by atoms with E-state index in [2.05, 4.69) is 42.4 Å². The molecule has 0 atom stereocenters. The van der Waals surface area contributed by atoms with E-state index in [1.54, 1.807) is 0 Å². The number of halogens is 2. The highest BCUT2D eigenvalue weighted by atomic mass is 79.9. The number of nitrogens with zero attached hydrogens (tertiary/aromatic N) is 2. The fourth-order valence-electron chi connectivity index (χ4n) is 1.76. The monoisotopic (exact) mass is 487 g/mol. The van der Waals surface area contributed by atoms with E-state index in [9.17, 15) is 25.1 Å². The van der Waals surface area contributed by atoms with Crippen LogP contribution in [0.15, 0.2) is 44.4 Å². The Morgan fingerprint density at radius 2 is 2.04 bits per heavy atom. The number of hydrogen-bond acceptors (Lipinski definition) is 7. The number of nitrogens with one attached hydrogen (secondary N) is 1. The van der Waals surface area contributed by atoms with Gasteiger partial charge in [0.1, 0.15) is 21.7 Å². The van der Waals surface area contributed by atoms with Crippen LogP contribution < -0.4 is 10.2 Å². The lowest BCUT2D eigenvalue weighted by Gasteiger charge is -2.06. The molecule has 0 spiro atoms. The van der Waals surface area contributed by atoms with E-state index in [4.69, 9.17) is 4.74 Å². The van der Waals surface area contributed by atoms with E-state index in [1.165, 1.54) is 36.5 Å². The lowest BCUT2D eigenvalue weighted by Crippen LogP contribution is -2.24. The number of phenolic OH excluding ortho intramolecular Hbond substituents is 2. The van der Waals surface area contributed by atoms with E-state index in [0.717, 1.165) is 0 Å². The van der Waals surface area contributed by atoms with Crippen LogP contribution >= 0.6 is 31.9 Å². The molecule has 0 aliphatic carbocycles. The SMILES string of the molecule is O=C(COc1cccc([N+](=O)[O-])c1)N/N=C/c1cc(Br)c(O)c(Br)c1O. The first-order valence-electron chi connectivity index (χ1n) is 6.88. The molecule has 3 N–H and O–H groups in total. The summed E-state index contributed by atoms with van der Waals surface area (Å²) >= 11 is 6.13. The van der Waals surface area contributed by atoms with Crippen LogP contribution in [-0.2, 0) is 4.79 Å². The molecule has 26 heavy (non-hydrogen) atoms.